The van der Waals surface area contributed by atoms with Gasteiger partial charge >= 0.3 is 0 Å². The number of thioether (sulfide) groups is 1. The zero-order valence-electron chi connectivity index (χ0n) is 14.1. The highest BCUT2D eigenvalue weighted by atomic mass is 32.2. The summed E-state index contributed by atoms with van der Waals surface area (Å²) in [5, 5.41) is 0.711. The monoisotopic (exact) mass is 336 g/mol. The Hall–Kier alpha value is -2.33. The third-order valence-corrected chi connectivity index (χ3v) is 5.01. The van der Waals surface area contributed by atoms with Crippen LogP contribution in [0, 0.1) is 6.92 Å². The van der Waals surface area contributed by atoms with Crippen LogP contribution >= 0.6 is 11.8 Å². The summed E-state index contributed by atoms with van der Waals surface area (Å²) in [4.78, 5) is 19.4. The van der Waals surface area contributed by atoms with Crippen molar-refractivity contribution in [1.29, 1.82) is 0 Å². The van der Waals surface area contributed by atoms with Gasteiger partial charge in [-0.15, -0.1) is 0 Å². The predicted octanol–water partition coefficient (Wildman–Crippen LogP) is 4.79. The molecule has 0 aromatic heterocycles. The fourth-order valence-corrected chi connectivity index (χ4v) is 3.37. The number of amidine groups is 1. The van der Waals surface area contributed by atoms with Gasteiger partial charge in [-0.3, -0.25) is 9.69 Å². The second-order valence-corrected chi connectivity index (χ2v) is 6.81. The van der Waals surface area contributed by atoms with Gasteiger partial charge in [0.2, 0.25) is 0 Å². The molecule has 3 rings (SSSR count). The van der Waals surface area contributed by atoms with E-state index in [-0.39, 0.29) is 5.91 Å². The summed E-state index contributed by atoms with van der Waals surface area (Å²) < 4.78 is 0. The Labute approximate surface area is 147 Å². The van der Waals surface area contributed by atoms with Crippen molar-refractivity contribution in [2.24, 2.45) is 4.99 Å². The van der Waals surface area contributed by atoms with Crippen LogP contribution in [0.25, 0.3) is 6.08 Å². The Bertz CT molecular complexity index is 805. The molecule has 1 saturated heterocycles. The molecule has 1 aliphatic rings. The van der Waals surface area contributed by atoms with E-state index in [2.05, 4.69) is 31.0 Å². The van der Waals surface area contributed by atoms with Gasteiger partial charge in [-0.05, 0) is 54.4 Å². The Kier molecular flexibility index (Phi) is 4.86. The van der Waals surface area contributed by atoms with Crippen molar-refractivity contribution in [2.45, 2.75) is 20.3 Å². The number of nitrogens with zero attached hydrogens (tertiary/aromatic N) is 2. The molecule has 0 unspecified atom stereocenters. The number of carbonyl (C=O) groups is 1. The summed E-state index contributed by atoms with van der Waals surface area (Å²) in [6.45, 7) is 4.18. The highest BCUT2D eigenvalue weighted by Crippen LogP contribution is 2.33. The minimum Gasteiger partial charge on any atom is -0.290 e. The molecule has 1 aliphatic heterocycles. The lowest BCUT2D eigenvalue weighted by molar-refractivity contribution is -0.121. The van der Waals surface area contributed by atoms with E-state index in [4.69, 9.17) is 0 Å². The number of aryl methyl sites for hydroxylation is 2. The van der Waals surface area contributed by atoms with Crippen LogP contribution in [0.4, 0.5) is 5.69 Å². The van der Waals surface area contributed by atoms with Gasteiger partial charge in [-0.25, -0.2) is 4.99 Å². The average Bonchev–Trinajstić information content (AvgIpc) is 2.86. The standard InChI is InChI=1S/C20H20N2OS/c1-4-15-9-11-17(12-10-15)21-20-22(3)19(23)18(24-20)13-16-7-5-14(2)6-8-16/h5-13H,4H2,1-3H3/b18-13+,21-20?. The van der Waals surface area contributed by atoms with Crippen molar-refractivity contribution in [2.75, 3.05) is 7.05 Å². The highest BCUT2D eigenvalue weighted by molar-refractivity contribution is 8.18. The van der Waals surface area contributed by atoms with Crippen LogP contribution < -0.4 is 0 Å². The molecule has 0 saturated carbocycles. The minimum atomic E-state index is -0.00972. The maximum atomic E-state index is 12.4. The van der Waals surface area contributed by atoms with Crippen LogP contribution in [0.5, 0.6) is 0 Å². The average molecular weight is 336 g/mol. The molecule has 122 valence electrons. The highest BCUT2D eigenvalue weighted by Gasteiger charge is 2.30. The number of likely N-dealkylation sites (N-methyl/N-ethyl adjacent to an activating group) is 1. The first-order valence-corrected chi connectivity index (χ1v) is 8.80. The molecule has 1 fully saturated rings. The van der Waals surface area contributed by atoms with Gasteiger partial charge in [0.1, 0.15) is 0 Å². The molecule has 4 heteroatoms. The zero-order valence-corrected chi connectivity index (χ0v) is 14.9. The van der Waals surface area contributed by atoms with Crippen molar-refractivity contribution in [3.8, 4) is 0 Å². The van der Waals surface area contributed by atoms with Crippen molar-refractivity contribution in [3.63, 3.8) is 0 Å². The molecule has 0 atom stereocenters. The van der Waals surface area contributed by atoms with Gasteiger partial charge in [-0.2, -0.15) is 0 Å². The molecule has 0 N–H and O–H groups in total. The summed E-state index contributed by atoms with van der Waals surface area (Å²) in [6, 6.07) is 16.3. The maximum Gasteiger partial charge on any atom is 0.266 e. The quantitative estimate of drug-likeness (QED) is 0.755. The van der Waals surface area contributed by atoms with E-state index in [1.54, 1.807) is 11.9 Å². The smallest absolute Gasteiger partial charge is 0.266 e. The van der Waals surface area contributed by atoms with Gasteiger partial charge in [-0.1, -0.05) is 48.9 Å². The fraction of sp³-hybridized carbons (Fsp3) is 0.200. The minimum absolute atomic E-state index is 0.00972. The van der Waals surface area contributed by atoms with E-state index < -0.39 is 0 Å². The maximum absolute atomic E-state index is 12.4. The Morgan fingerprint density at radius 1 is 1.08 bits per heavy atom. The predicted molar refractivity (Wildman–Crippen MR) is 102 cm³/mol. The van der Waals surface area contributed by atoms with Gasteiger partial charge in [0.25, 0.3) is 5.91 Å². The fourth-order valence-electron chi connectivity index (χ4n) is 2.38. The summed E-state index contributed by atoms with van der Waals surface area (Å²) in [7, 11) is 1.77. The Balaban J connectivity index is 1.85. The number of hydrogen-bond acceptors (Lipinski definition) is 3. The van der Waals surface area contributed by atoms with Gasteiger partial charge in [0.05, 0.1) is 10.6 Å². The number of benzene rings is 2. The van der Waals surface area contributed by atoms with Crippen LogP contribution in [0.2, 0.25) is 0 Å². The normalized spacial score (nSPS) is 18.0. The van der Waals surface area contributed by atoms with E-state index in [1.807, 2.05) is 42.5 Å². The van der Waals surface area contributed by atoms with Crippen LogP contribution in [0.1, 0.15) is 23.6 Å². The molecule has 2 aromatic carbocycles. The topological polar surface area (TPSA) is 32.7 Å². The second-order valence-electron chi connectivity index (χ2n) is 5.80. The molecular weight excluding hydrogens is 316 g/mol. The Morgan fingerprint density at radius 2 is 1.75 bits per heavy atom. The van der Waals surface area contributed by atoms with Crippen LogP contribution in [0.15, 0.2) is 58.4 Å². The number of carbonyl (C=O) groups excluding carboxylic acids is 1. The molecule has 0 aliphatic carbocycles. The van der Waals surface area contributed by atoms with Crippen molar-refractivity contribution >= 4 is 34.6 Å². The van der Waals surface area contributed by atoms with Crippen molar-refractivity contribution < 1.29 is 4.79 Å². The van der Waals surface area contributed by atoms with Crippen LogP contribution in [-0.2, 0) is 11.2 Å². The lowest BCUT2D eigenvalue weighted by Gasteiger charge is -2.07. The molecule has 0 bridgehead atoms. The van der Waals surface area contributed by atoms with E-state index in [0.29, 0.717) is 10.1 Å². The lowest BCUT2D eigenvalue weighted by Crippen LogP contribution is -2.23. The summed E-state index contributed by atoms with van der Waals surface area (Å²) in [5.74, 6) is -0.00972. The van der Waals surface area contributed by atoms with Crippen molar-refractivity contribution in [1.82, 2.24) is 4.90 Å². The lowest BCUT2D eigenvalue weighted by atomic mass is 10.1. The second kappa shape index (κ2) is 7.05. The number of rotatable bonds is 3. The molecule has 1 heterocycles. The molecule has 2 aromatic rings. The van der Waals surface area contributed by atoms with Crippen LogP contribution in [0.3, 0.4) is 0 Å². The van der Waals surface area contributed by atoms with Gasteiger partial charge < -0.3 is 0 Å². The first kappa shape index (κ1) is 16.5. The summed E-state index contributed by atoms with van der Waals surface area (Å²) in [5.41, 5.74) is 4.38. The van der Waals surface area contributed by atoms with E-state index in [0.717, 1.165) is 17.7 Å². The van der Waals surface area contributed by atoms with Gasteiger partial charge in [0.15, 0.2) is 5.17 Å². The molecule has 3 nitrogen and oxygen atoms in total. The van der Waals surface area contributed by atoms with E-state index in [1.165, 1.54) is 22.9 Å². The van der Waals surface area contributed by atoms with Gasteiger partial charge in [0, 0.05) is 7.05 Å². The van der Waals surface area contributed by atoms with E-state index in [9.17, 15) is 4.79 Å². The molecule has 0 spiro atoms. The molecule has 0 radical (unpaired) electrons. The largest absolute Gasteiger partial charge is 0.290 e. The molecular formula is C20H20N2OS. The number of hydrogen-bond donors (Lipinski definition) is 0. The molecule has 24 heavy (non-hydrogen) atoms. The zero-order chi connectivity index (χ0) is 17.1. The van der Waals surface area contributed by atoms with Crippen molar-refractivity contribution in [3.05, 3.63) is 70.1 Å². The Morgan fingerprint density at radius 3 is 2.38 bits per heavy atom. The number of aliphatic imine (C=N–C) groups is 1. The first-order chi connectivity index (χ1) is 11.6. The number of amides is 1. The SMILES string of the molecule is CCc1ccc(N=C2S/C(=C/c3ccc(C)cc3)C(=O)N2C)cc1. The third kappa shape index (κ3) is 3.60. The summed E-state index contributed by atoms with van der Waals surface area (Å²) >= 11 is 1.42. The summed E-state index contributed by atoms with van der Waals surface area (Å²) in [6.07, 6.45) is 2.93. The van der Waals surface area contributed by atoms with Crippen LogP contribution in [-0.4, -0.2) is 23.0 Å². The first-order valence-electron chi connectivity index (χ1n) is 7.98. The molecule has 1 amide bonds. The third-order valence-electron chi connectivity index (χ3n) is 3.95. The van der Waals surface area contributed by atoms with E-state index >= 15 is 0 Å².